The quantitative estimate of drug-likeness (QED) is 0.629. The van der Waals surface area contributed by atoms with Gasteiger partial charge in [0.1, 0.15) is 5.52 Å². The highest BCUT2D eigenvalue weighted by Crippen LogP contribution is 2.20. The van der Waals surface area contributed by atoms with Crippen LogP contribution in [-0.4, -0.2) is 30.7 Å². The fourth-order valence-electron chi connectivity index (χ4n) is 1.39. The standard InChI is InChI=1S/C10H12ClN5O/c1-5(6(2)17)3-16-4-13-7-8(11)14-10(12)15-9(7)16/h4,6,17H,1,3H2,2H3,(H2,12,14,15)/t6-/m0/s1. The molecule has 17 heavy (non-hydrogen) atoms. The summed E-state index contributed by atoms with van der Waals surface area (Å²) in [4.78, 5) is 12.0. The SMILES string of the molecule is C=C(Cn1cnc2c(Cl)nc(N)nc21)[C@H](C)O. The number of anilines is 1. The van der Waals surface area contributed by atoms with E-state index in [2.05, 4.69) is 21.5 Å². The topological polar surface area (TPSA) is 89.9 Å². The summed E-state index contributed by atoms with van der Waals surface area (Å²) in [5, 5.41) is 9.60. The minimum Gasteiger partial charge on any atom is -0.389 e. The van der Waals surface area contributed by atoms with E-state index in [0.717, 1.165) is 0 Å². The average molecular weight is 254 g/mol. The third kappa shape index (κ3) is 2.22. The molecule has 0 aliphatic carbocycles. The molecule has 0 aliphatic heterocycles. The van der Waals surface area contributed by atoms with Gasteiger partial charge in [-0.05, 0) is 12.5 Å². The summed E-state index contributed by atoms with van der Waals surface area (Å²) in [5.41, 5.74) is 7.19. The Morgan fingerprint density at radius 1 is 1.65 bits per heavy atom. The van der Waals surface area contributed by atoms with Crippen molar-refractivity contribution in [1.82, 2.24) is 19.5 Å². The number of rotatable bonds is 3. The van der Waals surface area contributed by atoms with Crippen molar-refractivity contribution < 1.29 is 5.11 Å². The molecule has 2 aromatic heterocycles. The molecule has 0 saturated heterocycles. The van der Waals surface area contributed by atoms with Crippen molar-refractivity contribution in [3.63, 3.8) is 0 Å². The molecule has 0 radical (unpaired) electrons. The number of halogens is 1. The fourth-order valence-corrected chi connectivity index (χ4v) is 1.61. The molecule has 1 atom stereocenters. The number of nitrogens with two attached hydrogens (primary N) is 1. The van der Waals surface area contributed by atoms with Gasteiger partial charge in [-0.2, -0.15) is 9.97 Å². The van der Waals surface area contributed by atoms with E-state index in [1.54, 1.807) is 17.8 Å². The summed E-state index contributed by atoms with van der Waals surface area (Å²) in [6.45, 7) is 5.83. The molecular formula is C10H12ClN5O. The number of hydrogen-bond donors (Lipinski definition) is 2. The van der Waals surface area contributed by atoms with Crippen LogP contribution in [0.25, 0.3) is 11.2 Å². The molecule has 2 heterocycles. The lowest BCUT2D eigenvalue weighted by Crippen LogP contribution is -2.10. The predicted octanol–water partition coefficient (Wildman–Crippen LogP) is 0.999. The third-order valence-corrected chi connectivity index (χ3v) is 2.67. The maximum Gasteiger partial charge on any atom is 0.223 e. The number of aliphatic hydroxyl groups is 1. The van der Waals surface area contributed by atoms with E-state index >= 15 is 0 Å². The molecule has 0 unspecified atom stereocenters. The highest BCUT2D eigenvalue weighted by Gasteiger charge is 2.12. The number of fused-ring (bicyclic) bond motifs is 1. The van der Waals surface area contributed by atoms with Crippen LogP contribution in [0.1, 0.15) is 6.92 Å². The Morgan fingerprint density at radius 3 is 3.00 bits per heavy atom. The van der Waals surface area contributed by atoms with Crippen LogP contribution in [-0.2, 0) is 6.54 Å². The second-order valence-corrected chi connectivity index (χ2v) is 4.11. The van der Waals surface area contributed by atoms with Crippen molar-refractivity contribution in [2.45, 2.75) is 19.6 Å². The van der Waals surface area contributed by atoms with E-state index in [1.165, 1.54) is 0 Å². The minimum absolute atomic E-state index is 0.0897. The lowest BCUT2D eigenvalue weighted by atomic mass is 10.2. The zero-order valence-electron chi connectivity index (χ0n) is 9.26. The second kappa shape index (κ2) is 4.31. The number of hydrogen-bond acceptors (Lipinski definition) is 5. The Bertz CT molecular complexity index is 577. The van der Waals surface area contributed by atoms with Crippen molar-refractivity contribution in [2.24, 2.45) is 0 Å². The van der Waals surface area contributed by atoms with E-state index in [1.807, 2.05) is 0 Å². The molecule has 0 aliphatic rings. The van der Waals surface area contributed by atoms with Gasteiger partial charge in [0.2, 0.25) is 5.95 Å². The molecule has 2 rings (SSSR count). The van der Waals surface area contributed by atoms with E-state index < -0.39 is 6.10 Å². The van der Waals surface area contributed by atoms with E-state index in [0.29, 0.717) is 23.3 Å². The molecule has 6 nitrogen and oxygen atoms in total. The molecule has 7 heteroatoms. The van der Waals surface area contributed by atoms with Crippen LogP contribution in [0.5, 0.6) is 0 Å². The summed E-state index contributed by atoms with van der Waals surface area (Å²) in [5.74, 6) is 0.0897. The summed E-state index contributed by atoms with van der Waals surface area (Å²) < 4.78 is 1.72. The lowest BCUT2D eigenvalue weighted by Gasteiger charge is -2.09. The molecule has 2 aromatic rings. The van der Waals surface area contributed by atoms with Gasteiger partial charge >= 0.3 is 0 Å². The number of nitrogens with zero attached hydrogens (tertiary/aromatic N) is 4. The summed E-state index contributed by atoms with van der Waals surface area (Å²) >= 11 is 5.90. The van der Waals surface area contributed by atoms with Crippen LogP contribution in [0.4, 0.5) is 5.95 Å². The van der Waals surface area contributed by atoms with Crippen molar-refractivity contribution in [1.29, 1.82) is 0 Å². The third-order valence-electron chi connectivity index (χ3n) is 2.40. The van der Waals surface area contributed by atoms with Gasteiger partial charge in [0, 0.05) is 6.54 Å². The fraction of sp³-hybridized carbons (Fsp3) is 0.300. The van der Waals surface area contributed by atoms with Crippen molar-refractivity contribution >= 4 is 28.7 Å². The number of imidazole rings is 1. The van der Waals surface area contributed by atoms with Crippen molar-refractivity contribution in [2.75, 3.05) is 5.73 Å². The minimum atomic E-state index is -0.595. The van der Waals surface area contributed by atoms with Gasteiger partial charge in [0.05, 0.1) is 12.4 Å². The normalized spacial score (nSPS) is 12.9. The van der Waals surface area contributed by atoms with Gasteiger partial charge in [-0.1, -0.05) is 18.2 Å². The first-order valence-electron chi connectivity index (χ1n) is 4.98. The molecule has 0 bridgehead atoms. The van der Waals surface area contributed by atoms with Crippen LogP contribution in [0.3, 0.4) is 0 Å². The van der Waals surface area contributed by atoms with E-state index in [9.17, 15) is 5.11 Å². The average Bonchev–Trinajstić information content (AvgIpc) is 2.61. The monoisotopic (exact) mass is 253 g/mol. The van der Waals surface area contributed by atoms with Crippen LogP contribution in [0.15, 0.2) is 18.5 Å². The smallest absolute Gasteiger partial charge is 0.223 e. The zero-order valence-corrected chi connectivity index (χ0v) is 10.0. The molecule has 0 fully saturated rings. The van der Waals surface area contributed by atoms with E-state index in [-0.39, 0.29) is 11.1 Å². The lowest BCUT2D eigenvalue weighted by molar-refractivity contribution is 0.226. The van der Waals surface area contributed by atoms with Gasteiger partial charge < -0.3 is 15.4 Å². The maximum atomic E-state index is 9.38. The van der Waals surface area contributed by atoms with Gasteiger partial charge in [-0.25, -0.2) is 4.98 Å². The number of nitrogen functional groups attached to an aromatic ring is 1. The summed E-state index contributed by atoms with van der Waals surface area (Å²) in [7, 11) is 0. The first-order valence-corrected chi connectivity index (χ1v) is 5.36. The van der Waals surface area contributed by atoms with Crippen LogP contribution in [0, 0.1) is 0 Å². The van der Waals surface area contributed by atoms with Gasteiger partial charge in [-0.15, -0.1) is 0 Å². The molecule has 3 N–H and O–H groups in total. The molecular weight excluding hydrogens is 242 g/mol. The maximum absolute atomic E-state index is 9.38. The largest absolute Gasteiger partial charge is 0.389 e. The number of aliphatic hydroxyl groups excluding tert-OH is 1. The van der Waals surface area contributed by atoms with Crippen LogP contribution >= 0.6 is 11.6 Å². The molecule has 0 saturated carbocycles. The number of aromatic nitrogens is 4. The predicted molar refractivity (Wildman–Crippen MR) is 65.6 cm³/mol. The Kier molecular flexibility index (Phi) is 2.99. The molecule has 0 aromatic carbocycles. The molecule has 0 spiro atoms. The second-order valence-electron chi connectivity index (χ2n) is 3.75. The first kappa shape index (κ1) is 11.8. The summed E-state index contributed by atoms with van der Waals surface area (Å²) in [6, 6.07) is 0. The highest BCUT2D eigenvalue weighted by atomic mass is 35.5. The summed E-state index contributed by atoms with van der Waals surface area (Å²) in [6.07, 6.45) is 0.972. The van der Waals surface area contributed by atoms with Crippen LogP contribution < -0.4 is 5.73 Å². The van der Waals surface area contributed by atoms with Gasteiger partial charge in [-0.3, -0.25) is 0 Å². The van der Waals surface area contributed by atoms with Gasteiger partial charge in [0.15, 0.2) is 10.8 Å². The molecule has 90 valence electrons. The van der Waals surface area contributed by atoms with Gasteiger partial charge in [0.25, 0.3) is 0 Å². The Balaban J connectivity index is 2.46. The molecule has 0 amide bonds. The van der Waals surface area contributed by atoms with Crippen molar-refractivity contribution in [3.8, 4) is 0 Å². The van der Waals surface area contributed by atoms with Crippen molar-refractivity contribution in [3.05, 3.63) is 23.6 Å². The zero-order chi connectivity index (χ0) is 12.6. The van der Waals surface area contributed by atoms with Crippen LogP contribution in [0.2, 0.25) is 5.15 Å². The Hall–Kier alpha value is -1.66. The highest BCUT2D eigenvalue weighted by molar-refractivity contribution is 6.33. The Morgan fingerprint density at radius 2 is 2.35 bits per heavy atom. The Labute approximate surface area is 103 Å². The first-order chi connectivity index (χ1) is 7.99. The van der Waals surface area contributed by atoms with E-state index in [4.69, 9.17) is 17.3 Å².